The van der Waals surface area contributed by atoms with Gasteiger partial charge in [-0.25, -0.2) is 0 Å². The van der Waals surface area contributed by atoms with Gasteiger partial charge in [0.05, 0.1) is 11.3 Å². The Balaban J connectivity index is 1.64. The molecule has 0 radical (unpaired) electrons. The second kappa shape index (κ2) is 7.96. The van der Waals surface area contributed by atoms with Gasteiger partial charge < -0.3 is 15.5 Å². The predicted molar refractivity (Wildman–Crippen MR) is 103 cm³/mol. The topological polar surface area (TPSA) is 44.4 Å². The first-order valence-electron chi connectivity index (χ1n) is 8.48. The minimum Gasteiger partial charge on any atom is -0.339 e. The van der Waals surface area contributed by atoms with Crippen molar-refractivity contribution in [3.63, 3.8) is 0 Å². The summed E-state index contributed by atoms with van der Waals surface area (Å²) in [5, 5.41) is 5.44. The number of carbonyl (C=O) groups is 1. The first kappa shape index (κ1) is 19.2. The van der Waals surface area contributed by atoms with Crippen LogP contribution in [0.3, 0.4) is 0 Å². The normalized spacial score (nSPS) is 14.1. The lowest BCUT2D eigenvalue weighted by molar-refractivity contribution is -0.136. The van der Waals surface area contributed by atoms with Gasteiger partial charge in [-0.15, -0.1) is 0 Å². The van der Waals surface area contributed by atoms with Crippen molar-refractivity contribution >= 4 is 34.6 Å². The summed E-state index contributed by atoms with van der Waals surface area (Å²) in [6.07, 6.45) is -2.44. The predicted octanol–water partition coefficient (Wildman–Crippen LogP) is 4.75. The van der Waals surface area contributed by atoms with E-state index in [-0.39, 0.29) is 16.7 Å². The lowest BCUT2D eigenvalue weighted by Crippen LogP contribution is -2.27. The monoisotopic (exact) mass is 393 g/mol. The Kier molecular flexibility index (Phi) is 5.65. The number of anilines is 2. The molecular weight excluding hydrogens is 375 g/mol. The number of alkyl halides is 3. The molecule has 8 heteroatoms. The molecule has 4 nitrogen and oxygen atoms in total. The summed E-state index contributed by atoms with van der Waals surface area (Å²) in [5.74, 6) is -0.0149. The van der Waals surface area contributed by atoms with Crippen LogP contribution in [0.15, 0.2) is 48.5 Å². The average molecular weight is 393 g/mol. The highest BCUT2D eigenvalue weighted by molar-refractivity contribution is 7.80. The molecule has 0 bridgehead atoms. The zero-order chi connectivity index (χ0) is 19.4. The summed E-state index contributed by atoms with van der Waals surface area (Å²) >= 11 is 5.11. The van der Waals surface area contributed by atoms with Crippen molar-refractivity contribution < 1.29 is 18.0 Å². The number of nitrogens with one attached hydrogen (secondary N) is 2. The number of halogens is 3. The van der Waals surface area contributed by atoms with Crippen LogP contribution in [0.1, 0.15) is 28.8 Å². The van der Waals surface area contributed by atoms with Gasteiger partial charge in [-0.05, 0) is 61.5 Å². The lowest BCUT2D eigenvalue weighted by atomic mass is 10.1. The van der Waals surface area contributed by atoms with Crippen LogP contribution in [-0.4, -0.2) is 29.0 Å². The fraction of sp³-hybridized carbons (Fsp3) is 0.263. The van der Waals surface area contributed by atoms with Crippen molar-refractivity contribution in [2.24, 2.45) is 0 Å². The Bertz CT molecular complexity index is 831. The minimum absolute atomic E-state index is 0.0149. The zero-order valence-electron chi connectivity index (χ0n) is 14.3. The van der Waals surface area contributed by atoms with Gasteiger partial charge in [-0.1, -0.05) is 12.1 Å². The summed E-state index contributed by atoms with van der Waals surface area (Å²) < 4.78 is 39.1. The molecule has 3 rings (SSSR count). The van der Waals surface area contributed by atoms with Gasteiger partial charge in [-0.3, -0.25) is 4.79 Å². The standard InChI is InChI=1S/C19H18F3N3OS/c20-19(21,22)15-5-1-2-6-16(15)24-18(27)23-14-9-7-13(8-10-14)17(26)25-11-3-4-12-25/h1-2,5-10H,3-4,11-12H2,(H2,23,24,27). The molecule has 2 aromatic rings. The van der Waals surface area contributed by atoms with E-state index in [1.54, 1.807) is 24.3 Å². The molecule has 0 unspecified atom stereocenters. The average Bonchev–Trinajstić information content (AvgIpc) is 3.16. The number of para-hydroxylation sites is 1. The highest BCUT2D eigenvalue weighted by atomic mass is 32.1. The van der Waals surface area contributed by atoms with Crippen LogP contribution in [0.25, 0.3) is 0 Å². The van der Waals surface area contributed by atoms with Crippen molar-refractivity contribution in [2.75, 3.05) is 23.7 Å². The van der Waals surface area contributed by atoms with Gasteiger partial charge >= 0.3 is 6.18 Å². The molecule has 1 saturated heterocycles. The number of nitrogens with zero attached hydrogens (tertiary/aromatic N) is 1. The molecule has 0 aromatic heterocycles. The number of rotatable bonds is 3. The van der Waals surface area contributed by atoms with Crippen molar-refractivity contribution in [1.29, 1.82) is 0 Å². The smallest absolute Gasteiger partial charge is 0.339 e. The third kappa shape index (κ3) is 4.77. The number of hydrogen-bond acceptors (Lipinski definition) is 2. The quantitative estimate of drug-likeness (QED) is 0.739. The lowest BCUT2D eigenvalue weighted by Gasteiger charge is -2.17. The summed E-state index contributed by atoms with van der Waals surface area (Å²) in [5.41, 5.74) is 0.239. The van der Waals surface area contributed by atoms with E-state index in [1.165, 1.54) is 18.2 Å². The molecule has 1 fully saturated rings. The number of carbonyl (C=O) groups excluding carboxylic acids is 1. The molecule has 27 heavy (non-hydrogen) atoms. The van der Waals surface area contributed by atoms with E-state index in [9.17, 15) is 18.0 Å². The number of likely N-dealkylation sites (tertiary alicyclic amines) is 1. The maximum Gasteiger partial charge on any atom is 0.418 e. The Morgan fingerprint density at radius 3 is 2.22 bits per heavy atom. The zero-order valence-corrected chi connectivity index (χ0v) is 15.2. The largest absolute Gasteiger partial charge is 0.418 e. The van der Waals surface area contributed by atoms with E-state index in [0.29, 0.717) is 11.3 Å². The number of amides is 1. The molecule has 0 atom stereocenters. The van der Waals surface area contributed by atoms with Gasteiger partial charge in [0.1, 0.15) is 0 Å². The van der Waals surface area contributed by atoms with E-state index in [2.05, 4.69) is 10.6 Å². The third-order valence-electron chi connectivity index (χ3n) is 4.26. The Labute approximate surface area is 160 Å². The molecular formula is C19H18F3N3OS. The summed E-state index contributed by atoms with van der Waals surface area (Å²) in [6, 6.07) is 11.8. The minimum atomic E-state index is -4.48. The second-order valence-corrected chi connectivity index (χ2v) is 6.61. The number of thiocarbonyl (C=S) groups is 1. The maximum absolute atomic E-state index is 13.0. The molecule has 1 heterocycles. The fourth-order valence-electron chi connectivity index (χ4n) is 2.92. The van der Waals surface area contributed by atoms with Crippen LogP contribution >= 0.6 is 12.2 Å². The summed E-state index contributed by atoms with van der Waals surface area (Å²) in [7, 11) is 0. The molecule has 142 valence electrons. The SMILES string of the molecule is O=C(c1ccc(NC(=S)Nc2ccccc2C(F)(F)F)cc1)N1CCCC1. The first-order chi connectivity index (χ1) is 12.8. The van der Waals surface area contributed by atoms with Crippen LogP contribution in [0.5, 0.6) is 0 Å². The van der Waals surface area contributed by atoms with E-state index in [1.807, 2.05) is 4.90 Å². The van der Waals surface area contributed by atoms with Crippen molar-refractivity contribution in [1.82, 2.24) is 4.90 Å². The van der Waals surface area contributed by atoms with Gasteiger partial charge in [0.2, 0.25) is 0 Å². The van der Waals surface area contributed by atoms with Gasteiger partial charge in [0.15, 0.2) is 5.11 Å². The van der Waals surface area contributed by atoms with Crippen LogP contribution in [-0.2, 0) is 6.18 Å². The van der Waals surface area contributed by atoms with Crippen LogP contribution in [0.2, 0.25) is 0 Å². The van der Waals surface area contributed by atoms with Crippen LogP contribution < -0.4 is 10.6 Å². The Morgan fingerprint density at radius 1 is 0.963 bits per heavy atom. The van der Waals surface area contributed by atoms with Crippen molar-refractivity contribution in [3.8, 4) is 0 Å². The highest BCUT2D eigenvalue weighted by Crippen LogP contribution is 2.34. The summed E-state index contributed by atoms with van der Waals surface area (Å²) in [4.78, 5) is 14.1. The van der Waals surface area contributed by atoms with Gasteiger partial charge in [0.25, 0.3) is 5.91 Å². The maximum atomic E-state index is 13.0. The van der Waals surface area contributed by atoms with Gasteiger partial charge in [0, 0.05) is 24.3 Å². The van der Waals surface area contributed by atoms with E-state index in [4.69, 9.17) is 12.2 Å². The molecule has 1 aliphatic rings. The second-order valence-electron chi connectivity index (χ2n) is 6.20. The molecule has 1 amide bonds. The molecule has 0 saturated carbocycles. The van der Waals surface area contributed by atoms with E-state index in [0.717, 1.165) is 32.0 Å². The molecule has 2 aromatic carbocycles. The fourth-order valence-corrected chi connectivity index (χ4v) is 3.15. The van der Waals surface area contributed by atoms with Gasteiger partial charge in [-0.2, -0.15) is 13.2 Å². The molecule has 0 aliphatic carbocycles. The van der Waals surface area contributed by atoms with Crippen molar-refractivity contribution in [2.45, 2.75) is 19.0 Å². The molecule has 2 N–H and O–H groups in total. The number of benzene rings is 2. The summed E-state index contributed by atoms with van der Waals surface area (Å²) in [6.45, 7) is 1.54. The third-order valence-corrected chi connectivity index (χ3v) is 4.47. The van der Waals surface area contributed by atoms with Crippen molar-refractivity contribution in [3.05, 3.63) is 59.7 Å². The molecule has 1 aliphatic heterocycles. The van der Waals surface area contributed by atoms with Crippen LogP contribution in [0, 0.1) is 0 Å². The Hall–Kier alpha value is -2.61. The van der Waals surface area contributed by atoms with E-state index < -0.39 is 11.7 Å². The van der Waals surface area contributed by atoms with E-state index >= 15 is 0 Å². The number of hydrogen-bond donors (Lipinski definition) is 2. The highest BCUT2D eigenvalue weighted by Gasteiger charge is 2.33. The van der Waals surface area contributed by atoms with Crippen LogP contribution in [0.4, 0.5) is 24.5 Å². The molecule has 0 spiro atoms. The first-order valence-corrected chi connectivity index (χ1v) is 8.89. The Morgan fingerprint density at radius 2 is 1.59 bits per heavy atom.